The Bertz CT molecular complexity index is 1710. The molecule has 4 rings (SSSR count). The number of nitrogens with one attached hydrogen (secondary N) is 1. The van der Waals surface area contributed by atoms with E-state index in [1.807, 2.05) is 0 Å². The third kappa shape index (κ3) is 6.85. The first kappa shape index (κ1) is 30.8. The number of halogens is 5. The van der Waals surface area contributed by atoms with E-state index < -0.39 is 61.2 Å². The molecule has 1 unspecified atom stereocenters. The third-order valence-corrected chi connectivity index (χ3v) is 9.21. The van der Waals surface area contributed by atoms with Crippen molar-refractivity contribution in [1.29, 1.82) is 0 Å². The molecule has 1 aliphatic heterocycles. The number of ether oxygens (including phenoxy) is 1. The summed E-state index contributed by atoms with van der Waals surface area (Å²) in [5.74, 6) is -0.505. The summed E-state index contributed by atoms with van der Waals surface area (Å²) in [5.41, 5.74) is -0.136. The number of benzene rings is 3. The molecule has 7 nitrogen and oxygen atoms in total. The number of sulfonamides is 2. The molecule has 3 aromatic carbocycles. The number of alkyl halides is 3. The lowest BCUT2D eigenvalue weighted by Gasteiger charge is -2.38. The summed E-state index contributed by atoms with van der Waals surface area (Å²) >= 11 is 6.18. The fourth-order valence-corrected chi connectivity index (χ4v) is 7.10. The molecular weight excluding hydrogens is 608 g/mol. The van der Waals surface area contributed by atoms with E-state index in [0.717, 1.165) is 28.8 Å². The standard InChI is InChI=1S/C27H25ClF4N2O5S2/c1-16(26-21(28)8-5-9-22(26)29)12-18-10-11-24-23(13-18)34(15-25(39-24)17(2)33-40(3,35)36)41(37,38)20-7-4-6-19(14-20)27(30,31)32/h4-14,17,25,33H,15H2,1-3H3/b16-12+/t17-,25?/m1/s1. The second kappa shape index (κ2) is 11.3. The minimum atomic E-state index is -4.78. The second-order valence-electron chi connectivity index (χ2n) is 9.55. The van der Waals surface area contributed by atoms with Crippen LogP contribution in [0.1, 0.15) is 30.5 Å². The number of hydrogen-bond acceptors (Lipinski definition) is 5. The highest BCUT2D eigenvalue weighted by Crippen LogP contribution is 2.40. The Morgan fingerprint density at radius 1 is 1.10 bits per heavy atom. The summed E-state index contributed by atoms with van der Waals surface area (Å²) in [6, 6.07) is 11.1. The molecule has 3 aromatic rings. The fraction of sp³-hybridized carbons (Fsp3) is 0.259. The number of rotatable bonds is 7. The van der Waals surface area contributed by atoms with Gasteiger partial charge < -0.3 is 4.74 Å². The Morgan fingerprint density at radius 3 is 2.41 bits per heavy atom. The monoisotopic (exact) mass is 632 g/mol. The molecule has 1 N–H and O–H groups in total. The van der Waals surface area contributed by atoms with Crippen molar-refractivity contribution in [1.82, 2.24) is 4.72 Å². The van der Waals surface area contributed by atoms with Gasteiger partial charge in [0.15, 0.2) is 0 Å². The first-order valence-electron chi connectivity index (χ1n) is 12.1. The molecule has 0 aliphatic carbocycles. The van der Waals surface area contributed by atoms with Gasteiger partial charge in [-0.2, -0.15) is 13.2 Å². The summed E-state index contributed by atoms with van der Waals surface area (Å²) in [5, 5.41) is 0.170. The highest BCUT2D eigenvalue weighted by Gasteiger charge is 2.39. The van der Waals surface area contributed by atoms with Crippen LogP contribution in [0.4, 0.5) is 23.2 Å². The summed E-state index contributed by atoms with van der Waals surface area (Å²) in [6.07, 6.45) is -3.31. The van der Waals surface area contributed by atoms with E-state index in [1.165, 1.54) is 37.3 Å². The van der Waals surface area contributed by atoms with Crippen molar-refractivity contribution in [3.63, 3.8) is 0 Å². The smallest absolute Gasteiger partial charge is 0.416 e. The van der Waals surface area contributed by atoms with Crippen LogP contribution in [0, 0.1) is 5.82 Å². The van der Waals surface area contributed by atoms with Gasteiger partial charge in [0, 0.05) is 5.56 Å². The molecule has 1 heterocycles. The molecule has 0 bridgehead atoms. The van der Waals surface area contributed by atoms with E-state index >= 15 is 0 Å². The van der Waals surface area contributed by atoms with E-state index in [9.17, 15) is 34.4 Å². The number of nitrogens with zero attached hydrogens (tertiary/aromatic N) is 1. The van der Waals surface area contributed by atoms with Crippen LogP contribution in [0.2, 0.25) is 5.02 Å². The largest absolute Gasteiger partial charge is 0.485 e. The number of allylic oxidation sites excluding steroid dienone is 1. The SMILES string of the molecule is C/C(=C\c1ccc2c(c1)N(S(=O)(=O)c1cccc(C(F)(F)F)c1)CC([C@@H](C)NS(C)(=O)=O)O2)c1c(F)cccc1Cl. The molecule has 0 spiro atoms. The lowest BCUT2D eigenvalue weighted by Crippen LogP contribution is -2.52. The first-order valence-corrected chi connectivity index (χ1v) is 15.8. The van der Waals surface area contributed by atoms with E-state index in [0.29, 0.717) is 17.2 Å². The van der Waals surface area contributed by atoms with Gasteiger partial charge in [-0.3, -0.25) is 4.31 Å². The lowest BCUT2D eigenvalue weighted by atomic mass is 10.0. The summed E-state index contributed by atoms with van der Waals surface area (Å²) in [7, 11) is -8.31. The van der Waals surface area contributed by atoms with E-state index in [4.69, 9.17) is 16.3 Å². The quantitative estimate of drug-likeness (QED) is 0.257. The zero-order chi connectivity index (χ0) is 30.3. The Morgan fingerprint density at radius 2 is 1.78 bits per heavy atom. The predicted molar refractivity (Wildman–Crippen MR) is 149 cm³/mol. The van der Waals surface area contributed by atoms with E-state index in [1.54, 1.807) is 19.1 Å². The molecule has 0 fully saturated rings. The average molecular weight is 633 g/mol. The van der Waals surface area contributed by atoms with E-state index in [-0.39, 0.29) is 22.0 Å². The van der Waals surface area contributed by atoms with Gasteiger partial charge in [0.25, 0.3) is 10.0 Å². The third-order valence-electron chi connectivity index (χ3n) is 6.32. The normalized spacial score (nSPS) is 17.1. The van der Waals surface area contributed by atoms with Crippen LogP contribution >= 0.6 is 11.6 Å². The van der Waals surface area contributed by atoms with Crippen molar-refractivity contribution in [2.45, 2.75) is 37.1 Å². The molecule has 0 radical (unpaired) electrons. The van der Waals surface area contributed by atoms with Crippen LogP contribution in [0.3, 0.4) is 0 Å². The van der Waals surface area contributed by atoms with Crippen molar-refractivity contribution in [2.75, 3.05) is 17.1 Å². The molecule has 0 saturated heterocycles. The average Bonchev–Trinajstić information content (AvgIpc) is 2.86. The lowest BCUT2D eigenvalue weighted by molar-refractivity contribution is -0.137. The van der Waals surface area contributed by atoms with Crippen LogP contribution in [0.25, 0.3) is 11.6 Å². The topological polar surface area (TPSA) is 92.8 Å². The van der Waals surface area contributed by atoms with Crippen molar-refractivity contribution < 1.29 is 39.1 Å². The van der Waals surface area contributed by atoms with Gasteiger partial charge >= 0.3 is 6.18 Å². The Kier molecular flexibility index (Phi) is 8.47. The van der Waals surface area contributed by atoms with Gasteiger partial charge in [0.1, 0.15) is 17.7 Å². The van der Waals surface area contributed by atoms with Gasteiger partial charge in [-0.25, -0.2) is 25.9 Å². The molecule has 0 amide bonds. The Hall–Kier alpha value is -3.13. The zero-order valence-corrected chi connectivity index (χ0v) is 24.3. The van der Waals surface area contributed by atoms with E-state index in [2.05, 4.69) is 4.72 Å². The van der Waals surface area contributed by atoms with Gasteiger partial charge in [-0.05, 0) is 67.4 Å². The van der Waals surface area contributed by atoms with Crippen LogP contribution < -0.4 is 13.8 Å². The van der Waals surface area contributed by atoms with Gasteiger partial charge in [0.2, 0.25) is 10.0 Å². The predicted octanol–water partition coefficient (Wildman–Crippen LogP) is 5.95. The summed E-state index contributed by atoms with van der Waals surface area (Å²) in [6.45, 7) is 2.68. The minimum Gasteiger partial charge on any atom is -0.485 e. The highest BCUT2D eigenvalue weighted by atomic mass is 35.5. The van der Waals surface area contributed by atoms with Crippen molar-refractivity contribution in [3.8, 4) is 5.75 Å². The van der Waals surface area contributed by atoms with Crippen molar-refractivity contribution >= 4 is 49.0 Å². The number of anilines is 1. The van der Waals surface area contributed by atoms with Gasteiger partial charge in [-0.1, -0.05) is 35.9 Å². The molecule has 41 heavy (non-hydrogen) atoms. The number of fused-ring (bicyclic) bond motifs is 1. The fourth-order valence-electron chi connectivity index (χ4n) is 4.44. The molecule has 0 saturated carbocycles. The molecule has 0 aromatic heterocycles. The van der Waals surface area contributed by atoms with Gasteiger partial charge in [-0.15, -0.1) is 0 Å². The number of hydrogen-bond donors (Lipinski definition) is 1. The van der Waals surface area contributed by atoms with Gasteiger partial charge in [0.05, 0.1) is 40.0 Å². The van der Waals surface area contributed by atoms with Crippen molar-refractivity contribution in [2.24, 2.45) is 0 Å². The van der Waals surface area contributed by atoms with Crippen LogP contribution in [0.5, 0.6) is 5.75 Å². The van der Waals surface area contributed by atoms with Crippen LogP contribution in [-0.2, 0) is 26.2 Å². The Balaban J connectivity index is 1.83. The molecule has 220 valence electrons. The molecular formula is C27H25ClF4N2O5S2. The van der Waals surface area contributed by atoms with Crippen LogP contribution in [-0.4, -0.2) is 41.8 Å². The molecule has 2 atom stereocenters. The van der Waals surface area contributed by atoms with Crippen LogP contribution in [0.15, 0.2) is 65.6 Å². The maximum atomic E-state index is 14.5. The molecule has 14 heteroatoms. The molecule has 1 aliphatic rings. The highest BCUT2D eigenvalue weighted by molar-refractivity contribution is 7.92. The maximum absolute atomic E-state index is 14.5. The summed E-state index contributed by atoms with van der Waals surface area (Å²) < 4.78 is 115. The zero-order valence-electron chi connectivity index (χ0n) is 21.9. The first-order chi connectivity index (χ1) is 19.0. The second-order valence-corrected chi connectivity index (χ2v) is 13.6. The van der Waals surface area contributed by atoms with Crippen molar-refractivity contribution in [3.05, 3.63) is 88.2 Å². The maximum Gasteiger partial charge on any atom is 0.416 e. The Labute approximate surface area is 240 Å². The summed E-state index contributed by atoms with van der Waals surface area (Å²) in [4.78, 5) is -0.613. The minimum absolute atomic E-state index is 0.00592.